The molecule has 0 aromatic carbocycles. The number of carbonyl (C=O) groups excluding carboxylic acids is 2. The quantitative estimate of drug-likeness (QED) is 0.685. The maximum Gasteiger partial charge on any atom is 0.265 e. The van der Waals surface area contributed by atoms with Crippen molar-refractivity contribution in [2.24, 2.45) is 0 Å². The van der Waals surface area contributed by atoms with Crippen molar-refractivity contribution in [1.29, 1.82) is 0 Å². The predicted molar refractivity (Wildman–Crippen MR) is 76.5 cm³/mol. The van der Waals surface area contributed by atoms with Crippen LogP contribution < -0.4 is 21.3 Å². The number of nitrogens with two attached hydrogens (primary N) is 1. The molecule has 0 aliphatic heterocycles. The third-order valence-electron chi connectivity index (χ3n) is 2.21. The number of thiazole rings is 1. The highest BCUT2D eigenvalue weighted by atomic mass is 32.1. The van der Waals surface area contributed by atoms with Crippen LogP contribution in [0.2, 0.25) is 0 Å². The fraction of sp³-hybridized carbons (Fsp3) is 0.545. The third-order valence-corrected chi connectivity index (χ3v) is 3.45. The lowest BCUT2D eigenvalue weighted by atomic mass is 10.4. The van der Waals surface area contributed by atoms with E-state index in [4.69, 9.17) is 5.73 Å². The van der Waals surface area contributed by atoms with Gasteiger partial charge in [-0.2, -0.15) is 0 Å². The van der Waals surface area contributed by atoms with Crippen LogP contribution in [0.25, 0.3) is 0 Å². The van der Waals surface area contributed by atoms with Gasteiger partial charge in [-0.15, -0.1) is 0 Å². The normalized spacial score (nSPS) is 10.1. The highest BCUT2D eigenvalue weighted by Gasteiger charge is 2.17. The van der Waals surface area contributed by atoms with Gasteiger partial charge in [-0.1, -0.05) is 18.3 Å². The van der Waals surface area contributed by atoms with E-state index in [1.54, 1.807) is 4.90 Å². The molecule has 1 heterocycles. The topological polar surface area (TPSA) is 100 Å². The minimum absolute atomic E-state index is 0.0620. The molecule has 0 radical (unpaired) electrons. The summed E-state index contributed by atoms with van der Waals surface area (Å²) < 4.78 is 0. The number of nitrogens with zero attached hydrogens (tertiary/aromatic N) is 2. The Hall–Kier alpha value is -1.83. The van der Waals surface area contributed by atoms with E-state index in [0.29, 0.717) is 16.6 Å². The van der Waals surface area contributed by atoms with Crippen LogP contribution in [0.15, 0.2) is 0 Å². The van der Waals surface area contributed by atoms with E-state index < -0.39 is 0 Å². The second-order valence-electron chi connectivity index (χ2n) is 4.14. The van der Waals surface area contributed by atoms with Crippen LogP contribution in [0.5, 0.6) is 0 Å². The number of nitrogen functional groups attached to an aromatic ring is 1. The first-order valence-corrected chi connectivity index (χ1v) is 6.75. The van der Waals surface area contributed by atoms with Gasteiger partial charge in [-0.25, -0.2) is 4.98 Å². The van der Waals surface area contributed by atoms with Crippen molar-refractivity contribution in [2.45, 2.75) is 13.3 Å². The second-order valence-corrected chi connectivity index (χ2v) is 5.12. The van der Waals surface area contributed by atoms with Crippen LogP contribution in [-0.2, 0) is 4.79 Å². The molecule has 1 aromatic heterocycles. The zero-order valence-electron chi connectivity index (χ0n) is 11.3. The van der Waals surface area contributed by atoms with Gasteiger partial charge in [0, 0.05) is 20.6 Å². The van der Waals surface area contributed by atoms with Gasteiger partial charge >= 0.3 is 0 Å². The molecule has 0 fully saturated rings. The van der Waals surface area contributed by atoms with Crippen molar-refractivity contribution < 1.29 is 9.59 Å². The number of hydrogen-bond donors (Lipinski definition) is 3. The Morgan fingerprint density at radius 2 is 2.05 bits per heavy atom. The van der Waals surface area contributed by atoms with Gasteiger partial charge in [0.2, 0.25) is 5.91 Å². The van der Waals surface area contributed by atoms with Crippen molar-refractivity contribution in [3.8, 4) is 0 Å². The van der Waals surface area contributed by atoms with Crippen molar-refractivity contribution >= 4 is 34.1 Å². The minimum atomic E-state index is -0.380. The Kier molecular flexibility index (Phi) is 5.56. The highest BCUT2D eigenvalue weighted by molar-refractivity contribution is 7.18. The summed E-state index contributed by atoms with van der Waals surface area (Å²) in [5, 5.41) is 5.84. The maximum absolute atomic E-state index is 11.9. The van der Waals surface area contributed by atoms with E-state index >= 15 is 0 Å². The van der Waals surface area contributed by atoms with Crippen LogP contribution in [-0.4, -0.2) is 44.0 Å². The molecule has 0 spiro atoms. The second kappa shape index (κ2) is 6.93. The van der Waals surface area contributed by atoms with Crippen LogP contribution in [0, 0.1) is 0 Å². The van der Waals surface area contributed by atoms with E-state index in [1.165, 1.54) is 11.3 Å². The average molecular weight is 285 g/mol. The van der Waals surface area contributed by atoms with E-state index in [9.17, 15) is 9.59 Å². The lowest BCUT2D eigenvalue weighted by Crippen LogP contribution is -2.37. The number of nitrogens with one attached hydrogen (secondary N) is 2. The summed E-state index contributed by atoms with van der Waals surface area (Å²) in [4.78, 5) is 29.4. The van der Waals surface area contributed by atoms with E-state index in [1.807, 2.05) is 21.0 Å². The molecule has 7 nitrogen and oxygen atoms in total. The zero-order chi connectivity index (χ0) is 14.4. The number of hydrogen-bond acceptors (Lipinski definition) is 6. The summed E-state index contributed by atoms with van der Waals surface area (Å²) in [5.41, 5.74) is 5.68. The predicted octanol–water partition coefficient (Wildman–Crippen LogP) is 0.0473. The Labute approximate surface area is 116 Å². The highest BCUT2D eigenvalue weighted by Crippen LogP contribution is 2.26. The molecule has 2 amide bonds. The average Bonchev–Trinajstić information content (AvgIpc) is 2.75. The van der Waals surface area contributed by atoms with Crippen molar-refractivity contribution in [1.82, 2.24) is 15.6 Å². The lowest BCUT2D eigenvalue weighted by molar-refractivity contribution is -0.120. The van der Waals surface area contributed by atoms with Gasteiger partial charge in [0.15, 0.2) is 5.13 Å². The van der Waals surface area contributed by atoms with E-state index in [-0.39, 0.29) is 24.2 Å². The Balaban J connectivity index is 2.56. The molecule has 106 valence electrons. The fourth-order valence-electron chi connectivity index (χ4n) is 1.24. The van der Waals surface area contributed by atoms with Crippen LogP contribution in [0.3, 0.4) is 0 Å². The lowest BCUT2D eigenvalue weighted by Gasteiger charge is -2.05. The van der Waals surface area contributed by atoms with Gasteiger partial charge in [-0.05, 0) is 6.42 Å². The molecule has 19 heavy (non-hydrogen) atoms. The molecule has 0 atom stereocenters. The van der Waals surface area contributed by atoms with Gasteiger partial charge in [0.25, 0.3) is 5.91 Å². The molecular formula is C11H19N5O2S. The minimum Gasteiger partial charge on any atom is -0.382 e. The molecule has 4 N–H and O–H groups in total. The first-order chi connectivity index (χ1) is 8.95. The number of rotatable bonds is 6. The summed E-state index contributed by atoms with van der Waals surface area (Å²) in [6, 6.07) is 0. The molecule has 1 rings (SSSR count). The Morgan fingerprint density at radius 3 is 2.58 bits per heavy atom. The molecule has 0 aliphatic carbocycles. The monoisotopic (exact) mass is 285 g/mol. The van der Waals surface area contributed by atoms with Gasteiger partial charge < -0.3 is 21.3 Å². The molecule has 8 heteroatoms. The molecule has 1 aromatic rings. The van der Waals surface area contributed by atoms with Crippen molar-refractivity contribution in [3.05, 3.63) is 4.88 Å². The van der Waals surface area contributed by atoms with Crippen molar-refractivity contribution in [3.63, 3.8) is 0 Å². The largest absolute Gasteiger partial charge is 0.382 e. The molecule has 0 saturated carbocycles. The van der Waals surface area contributed by atoms with Crippen molar-refractivity contribution in [2.75, 3.05) is 37.8 Å². The first-order valence-electron chi connectivity index (χ1n) is 5.94. The van der Waals surface area contributed by atoms with Gasteiger partial charge in [-0.3, -0.25) is 9.59 Å². The molecule has 0 unspecified atom stereocenters. The molecule has 0 bridgehead atoms. The smallest absolute Gasteiger partial charge is 0.265 e. The number of amides is 2. The Bertz CT molecular complexity index is 458. The van der Waals surface area contributed by atoms with E-state index in [2.05, 4.69) is 15.6 Å². The van der Waals surface area contributed by atoms with E-state index in [0.717, 1.165) is 6.42 Å². The summed E-state index contributed by atoms with van der Waals surface area (Å²) in [6.07, 6.45) is 0.855. The van der Waals surface area contributed by atoms with Gasteiger partial charge in [0.1, 0.15) is 10.7 Å². The number of anilines is 2. The summed E-state index contributed by atoms with van der Waals surface area (Å²) in [6.45, 7) is 2.50. The van der Waals surface area contributed by atoms with Gasteiger partial charge in [0.05, 0.1) is 6.54 Å². The summed E-state index contributed by atoms with van der Waals surface area (Å²) in [7, 11) is 3.64. The van der Waals surface area contributed by atoms with Crippen LogP contribution in [0.1, 0.15) is 23.0 Å². The fourth-order valence-corrected chi connectivity index (χ4v) is 2.07. The zero-order valence-corrected chi connectivity index (χ0v) is 12.1. The SMILES string of the molecule is CCCNC(=O)CNC(=O)c1sc(N(C)C)nc1N. The number of carbonyl (C=O) groups is 2. The molecule has 0 saturated heterocycles. The molecular weight excluding hydrogens is 266 g/mol. The third kappa shape index (κ3) is 4.40. The van der Waals surface area contributed by atoms with Crippen LogP contribution in [0.4, 0.5) is 10.9 Å². The summed E-state index contributed by atoms with van der Waals surface area (Å²) in [5.74, 6) is -0.416. The standard InChI is InChI=1S/C11H19N5O2S/c1-4-5-13-7(17)6-14-10(18)8-9(12)15-11(19-8)16(2)3/h4-6,12H2,1-3H3,(H,13,17)(H,14,18). The van der Waals surface area contributed by atoms with Crippen LogP contribution >= 0.6 is 11.3 Å². The maximum atomic E-state index is 11.9. The summed E-state index contributed by atoms with van der Waals surface area (Å²) >= 11 is 1.19. The first kappa shape index (κ1) is 15.2. The molecule has 0 aliphatic rings. The number of aromatic nitrogens is 1. The Morgan fingerprint density at radius 1 is 1.37 bits per heavy atom.